The summed E-state index contributed by atoms with van der Waals surface area (Å²) in [6.45, 7) is 5.46. The molecule has 7 heteroatoms. The molecule has 0 saturated carbocycles. The first kappa shape index (κ1) is 21.0. The van der Waals surface area contributed by atoms with Crippen molar-refractivity contribution in [1.82, 2.24) is 0 Å². The number of aryl methyl sites for hydroxylation is 1. The monoisotopic (exact) mass is 384 g/mol. The summed E-state index contributed by atoms with van der Waals surface area (Å²) in [5.41, 5.74) is 2.11. The van der Waals surface area contributed by atoms with Crippen LogP contribution in [0.3, 0.4) is 0 Å². The number of esters is 2. The normalized spacial score (nSPS) is 13.4. The van der Waals surface area contributed by atoms with Crippen LogP contribution < -0.4 is 10.2 Å². The molecule has 28 heavy (non-hydrogen) atoms. The van der Waals surface area contributed by atoms with Crippen molar-refractivity contribution < 1.29 is 23.9 Å². The number of rotatable bonds is 5. The summed E-state index contributed by atoms with van der Waals surface area (Å²) in [5.74, 6) is -1.65. The zero-order valence-corrected chi connectivity index (χ0v) is 16.6. The van der Waals surface area contributed by atoms with Gasteiger partial charge in [-0.1, -0.05) is 26.0 Å². The first-order valence-corrected chi connectivity index (χ1v) is 8.76. The van der Waals surface area contributed by atoms with Crippen LogP contribution in [0.4, 0.5) is 11.4 Å². The molecule has 2 rings (SSSR count). The molecule has 1 aromatic rings. The molecule has 0 unspecified atom stereocenters. The van der Waals surface area contributed by atoms with Crippen LogP contribution in [0.25, 0.3) is 0 Å². The van der Waals surface area contributed by atoms with Gasteiger partial charge in [0.15, 0.2) is 0 Å². The van der Waals surface area contributed by atoms with Crippen molar-refractivity contribution in [2.45, 2.75) is 20.8 Å². The minimum Gasteiger partial charge on any atom is -0.465 e. The zero-order chi connectivity index (χ0) is 20.8. The molecule has 0 aromatic heterocycles. The molecule has 1 amide bonds. The quantitative estimate of drug-likeness (QED) is 0.786. The molecule has 1 heterocycles. The van der Waals surface area contributed by atoms with Gasteiger partial charge in [0.1, 0.15) is 5.70 Å². The standard InChI is InChI=1S/C21H24N2O5/c1-13(2)19(24)22-15-10-9-14(3)17(12-15)23-11-7-6-8-16(20(25)27-4)18(23)21(26)28-5/h6-13H,1-5H3,(H,22,24). The first-order valence-electron chi connectivity index (χ1n) is 8.76. The molecule has 0 bridgehead atoms. The molecule has 0 aliphatic carbocycles. The Labute approximate surface area is 164 Å². The second-order valence-electron chi connectivity index (χ2n) is 6.46. The van der Waals surface area contributed by atoms with Crippen molar-refractivity contribution >= 4 is 29.2 Å². The second kappa shape index (κ2) is 9.03. The molecule has 0 spiro atoms. The third kappa shape index (κ3) is 4.49. The highest BCUT2D eigenvalue weighted by atomic mass is 16.5. The molecule has 1 aliphatic rings. The highest BCUT2D eigenvalue weighted by molar-refractivity contribution is 6.05. The van der Waals surface area contributed by atoms with Crippen molar-refractivity contribution in [3.63, 3.8) is 0 Å². The molecule has 0 atom stereocenters. The van der Waals surface area contributed by atoms with Crippen molar-refractivity contribution in [2.24, 2.45) is 5.92 Å². The Hall–Kier alpha value is -3.35. The van der Waals surface area contributed by atoms with E-state index in [2.05, 4.69) is 5.32 Å². The lowest BCUT2D eigenvalue weighted by atomic mass is 10.1. The lowest BCUT2D eigenvalue weighted by Gasteiger charge is -2.25. The van der Waals surface area contributed by atoms with E-state index in [0.29, 0.717) is 11.4 Å². The van der Waals surface area contributed by atoms with E-state index in [0.717, 1.165) is 5.56 Å². The minimum absolute atomic E-state index is 0.0230. The van der Waals surface area contributed by atoms with Gasteiger partial charge in [-0.3, -0.25) is 4.79 Å². The Balaban J connectivity index is 2.61. The number of ether oxygens (including phenoxy) is 2. The number of carbonyl (C=O) groups excluding carboxylic acids is 3. The minimum atomic E-state index is -0.687. The van der Waals surface area contributed by atoms with Gasteiger partial charge >= 0.3 is 11.9 Å². The lowest BCUT2D eigenvalue weighted by molar-refractivity contribution is -0.139. The van der Waals surface area contributed by atoms with Crippen LogP contribution in [0.2, 0.25) is 0 Å². The summed E-state index contributed by atoms with van der Waals surface area (Å²) >= 11 is 0. The molecule has 148 valence electrons. The zero-order valence-electron chi connectivity index (χ0n) is 16.6. The largest absolute Gasteiger partial charge is 0.465 e. The van der Waals surface area contributed by atoms with Gasteiger partial charge in [-0.2, -0.15) is 0 Å². The van der Waals surface area contributed by atoms with Crippen LogP contribution in [0.15, 0.2) is 53.9 Å². The van der Waals surface area contributed by atoms with Gasteiger partial charge in [-0.25, -0.2) is 9.59 Å². The van der Waals surface area contributed by atoms with Crippen LogP contribution in [-0.4, -0.2) is 32.1 Å². The van der Waals surface area contributed by atoms with Crippen LogP contribution >= 0.6 is 0 Å². The van der Waals surface area contributed by atoms with E-state index in [1.54, 1.807) is 49.2 Å². The fourth-order valence-corrected chi connectivity index (χ4v) is 2.58. The molecular weight excluding hydrogens is 360 g/mol. The van der Waals surface area contributed by atoms with E-state index < -0.39 is 11.9 Å². The summed E-state index contributed by atoms with van der Waals surface area (Å²) < 4.78 is 9.72. The number of carbonyl (C=O) groups is 3. The topological polar surface area (TPSA) is 84.9 Å². The average Bonchev–Trinajstić information content (AvgIpc) is 2.90. The number of hydrogen-bond acceptors (Lipinski definition) is 6. The fourth-order valence-electron chi connectivity index (χ4n) is 2.58. The number of hydrogen-bond donors (Lipinski definition) is 1. The predicted octanol–water partition coefficient (Wildman–Crippen LogP) is 3.08. The second-order valence-corrected chi connectivity index (χ2v) is 6.46. The van der Waals surface area contributed by atoms with E-state index in [4.69, 9.17) is 9.47 Å². The lowest BCUT2D eigenvalue weighted by Crippen LogP contribution is -2.27. The molecule has 1 aromatic carbocycles. The van der Waals surface area contributed by atoms with Gasteiger partial charge in [-0.05, 0) is 36.8 Å². The maximum absolute atomic E-state index is 12.5. The molecule has 0 saturated heterocycles. The summed E-state index contributed by atoms with van der Waals surface area (Å²) in [4.78, 5) is 38.4. The van der Waals surface area contributed by atoms with Crippen molar-refractivity contribution in [3.8, 4) is 0 Å². The van der Waals surface area contributed by atoms with Crippen LogP contribution in [-0.2, 0) is 23.9 Å². The molecule has 1 N–H and O–H groups in total. The molecular formula is C21H24N2O5. The van der Waals surface area contributed by atoms with E-state index in [1.807, 2.05) is 13.0 Å². The Morgan fingerprint density at radius 2 is 1.71 bits per heavy atom. The SMILES string of the molecule is COC(=O)C1=C(C(=O)OC)N(c2cc(NC(=O)C(C)C)ccc2C)C=CC=C1. The number of nitrogens with one attached hydrogen (secondary N) is 1. The fraction of sp³-hybridized carbons (Fsp3) is 0.286. The van der Waals surface area contributed by atoms with Gasteiger partial charge in [0, 0.05) is 17.8 Å². The number of anilines is 2. The Bertz CT molecular complexity index is 881. The highest BCUT2D eigenvalue weighted by Crippen LogP contribution is 2.31. The van der Waals surface area contributed by atoms with Crippen molar-refractivity contribution in [1.29, 1.82) is 0 Å². The maximum Gasteiger partial charge on any atom is 0.355 e. The number of nitrogens with zero attached hydrogens (tertiary/aromatic N) is 1. The van der Waals surface area contributed by atoms with E-state index in [1.165, 1.54) is 20.3 Å². The summed E-state index contributed by atoms with van der Waals surface area (Å²) in [5, 5.41) is 2.84. The Morgan fingerprint density at radius 1 is 1.04 bits per heavy atom. The van der Waals surface area contributed by atoms with Gasteiger partial charge in [0.2, 0.25) is 5.91 Å². The number of amides is 1. The van der Waals surface area contributed by atoms with Crippen molar-refractivity contribution in [3.05, 3.63) is 59.5 Å². The summed E-state index contributed by atoms with van der Waals surface area (Å²) in [7, 11) is 2.49. The van der Waals surface area contributed by atoms with Gasteiger partial charge in [0.05, 0.1) is 25.5 Å². The average molecular weight is 384 g/mol. The third-order valence-electron chi connectivity index (χ3n) is 4.15. The Morgan fingerprint density at radius 3 is 2.32 bits per heavy atom. The number of allylic oxidation sites excluding steroid dienone is 2. The van der Waals surface area contributed by atoms with Crippen LogP contribution in [0.5, 0.6) is 0 Å². The summed E-state index contributed by atoms with van der Waals surface area (Å²) in [6, 6.07) is 5.34. The highest BCUT2D eigenvalue weighted by Gasteiger charge is 2.28. The first-order chi connectivity index (χ1) is 13.3. The maximum atomic E-state index is 12.5. The van der Waals surface area contributed by atoms with Crippen molar-refractivity contribution in [2.75, 3.05) is 24.4 Å². The predicted molar refractivity (Wildman–Crippen MR) is 106 cm³/mol. The molecule has 1 aliphatic heterocycles. The van der Waals surface area contributed by atoms with Crippen LogP contribution in [0.1, 0.15) is 19.4 Å². The van der Waals surface area contributed by atoms with E-state index in [9.17, 15) is 14.4 Å². The molecule has 7 nitrogen and oxygen atoms in total. The van der Waals surface area contributed by atoms with E-state index in [-0.39, 0.29) is 23.1 Å². The number of methoxy groups -OCH3 is 2. The Kier molecular flexibility index (Phi) is 6.76. The summed E-state index contributed by atoms with van der Waals surface area (Å²) in [6.07, 6.45) is 6.47. The number of benzene rings is 1. The van der Waals surface area contributed by atoms with Gasteiger partial charge in [-0.15, -0.1) is 0 Å². The molecule has 0 radical (unpaired) electrons. The van der Waals surface area contributed by atoms with Crippen LogP contribution in [0, 0.1) is 12.8 Å². The van der Waals surface area contributed by atoms with Gasteiger partial charge < -0.3 is 19.7 Å². The third-order valence-corrected chi connectivity index (χ3v) is 4.15. The smallest absolute Gasteiger partial charge is 0.355 e. The van der Waals surface area contributed by atoms with Gasteiger partial charge in [0.25, 0.3) is 0 Å². The molecule has 0 fully saturated rings. The van der Waals surface area contributed by atoms with E-state index >= 15 is 0 Å².